The maximum atomic E-state index is 5.47. The Balaban J connectivity index is 2.74. The van der Waals surface area contributed by atoms with E-state index in [2.05, 4.69) is 49.8 Å². The molecule has 0 aromatic heterocycles. The summed E-state index contributed by atoms with van der Waals surface area (Å²) in [6, 6.07) is 8.69. The molecule has 1 aromatic carbocycles. The third-order valence-electron chi connectivity index (χ3n) is 3.85. The summed E-state index contributed by atoms with van der Waals surface area (Å²) in [7, 11) is 3.91. The maximum Gasteiger partial charge on any atom is 0.123 e. The molecule has 108 valence electrons. The van der Waals surface area contributed by atoms with Gasteiger partial charge in [-0.3, -0.25) is 4.90 Å². The SMILES string of the molecule is CCN(C)CCN(CC)[C@@H](C)c1ccccc1OC. The van der Waals surface area contributed by atoms with Crippen LogP contribution in [0.4, 0.5) is 0 Å². The van der Waals surface area contributed by atoms with Crippen molar-refractivity contribution in [1.82, 2.24) is 9.80 Å². The lowest BCUT2D eigenvalue weighted by Crippen LogP contribution is -2.35. The van der Waals surface area contributed by atoms with Gasteiger partial charge in [-0.25, -0.2) is 0 Å². The van der Waals surface area contributed by atoms with Crippen LogP contribution in [-0.2, 0) is 0 Å². The highest BCUT2D eigenvalue weighted by atomic mass is 16.5. The largest absolute Gasteiger partial charge is 0.496 e. The molecule has 19 heavy (non-hydrogen) atoms. The summed E-state index contributed by atoms with van der Waals surface area (Å²) < 4.78 is 5.47. The molecule has 0 amide bonds. The molecule has 0 aliphatic rings. The quantitative estimate of drug-likeness (QED) is 0.718. The van der Waals surface area contributed by atoms with Crippen LogP contribution in [0.25, 0.3) is 0 Å². The van der Waals surface area contributed by atoms with Gasteiger partial charge < -0.3 is 9.64 Å². The van der Waals surface area contributed by atoms with Crippen molar-refractivity contribution in [3.63, 3.8) is 0 Å². The highest BCUT2D eigenvalue weighted by Gasteiger charge is 2.17. The fourth-order valence-corrected chi connectivity index (χ4v) is 2.29. The van der Waals surface area contributed by atoms with Crippen molar-refractivity contribution in [3.05, 3.63) is 29.8 Å². The van der Waals surface area contributed by atoms with E-state index in [1.165, 1.54) is 5.56 Å². The Labute approximate surface area is 118 Å². The van der Waals surface area contributed by atoms with Gasteiger partial charge in [0.05, 0.1) is 7.11 Å². The van der Waals surface area contributed by atoms with E-state index in [0.29, 0.717) is 6.04 Å². The molecule has 1 aromatic rings. The Bertz CT molecular complexity index is 368. The lowest BCUT2D eigenvalue weighted by Gasteiger charge is -2.30. The van der Waals surface area contributed by atoms with Gasteiger partial charge in [0, 0.05) is 24.7 Å². The molecule has 0 unspecified atom stereocenters. The van der Waals surface area contributed by atoms with Crippen molar-refractivity contribution in [3.8, 4) is 5.75 Å². The van der Waals surface area contributed by atoms with Gasteiger partial charge in [-0.1, -0.05) is 32.0 Å². The zero-order valence-corrected chi connectivity index (χ0v) is 13.0. The van der Waals surface area contributed by atoms with Crippen molar-refractivity contribution in [2.75, 3.05) is 40.3 Å². The molecular weight excluding hydrogens is 236 g/mol. The maximum absolute atomic E-state index is 5.47. The number of para-hydroxylation sites is 1. The van der Waals surface area contributed by atoms with E-state index in [1.807, 2.05) is 12.1 Å². The number of rotatable bonds is 8. The van der Waals surface area contributed by atoms with Gasteiger partial charge in [0.25, 0.3) is 0 Å². The van der Waals surface area contributed by atoms with Crippen molar-refractivity contribution < 1.29 is 4.74 Å². The first kappa shape index (κ1) is 16.0. The van der Waals surface area contributed by atoms with E-state index < -0.39 is 0 Å². The molecule has 0 aliphatic carbocycles. The standard InChI is InChI=1S/C16H28N2O/c1-6-17(4)12-13-18(7-2)14(3)15-10-8-9-11-16(15)19-5/h8-11,14H,6-7,12-13H2,1-5H3/t14-/m0/s1. The minimum absolute atomic E-state index is 0.381. The van der Waals surface area contributed by atoms with Gasteiger partial charge in [0.15, 0.2) is 0 Å². The van der Waals surface area contributed by atoms with Gasteiger partial charge >= 0.3 is 0 Å². The predicted molar refractivity (Wildman–Crippen MR) is 81.8 cm³/mol. The normalized spacial score (nSPS) is 13.0. The number of hydrogen-bond donors (Lipinski definition) is 0. The highest BCUT2D eigenvalue weighted by molar-refractivity contribution is 5.35. The summed E-state index contributed by atoms with van der Waals surface area (Å²) in [5.41, 5.74) is 1.27. The van der Waals surface area contributed by atoms with E-state index in [1.54, 1.807) is 7.11 Å². The van der Waals surface area contributed by atoms with Gasteiger partial charge in [0.2, 0.25) is 0 Å². The first-order valence-electron chi connectivity index (χ1n) is 7.19. The van der Waals surface area contributed by atoms with Crippen LogP contribution in [0.5, 0.6) is 5.75 Å². The molecule has 3 heteroatoms. The van der Waals surface area contributed by atoms with Crippen LogP contribution >= 0.6 is 0 Å². The lowest BCUT2D eigenvalue weighted by molar-refractivity contribution is 0.189. The summed E-state index contributed by atoms with van der Waals surface area (Å²) in [6.07, 6.45) is 0. The van der Waals surface area contributed by atoms with E-state index in [4.69, 9.17) is 4.74 Å². The number of ether oxygens (including phenoxy) is 1. The van der Waals surface area contributed by atoms with Crippen LogP contribution in [0.3, 0.4) is 0 Å². The van der Waals surface area contributed by atoms with Crippen LogP contribution < -0.4 is 4.74 Å². The first-order chi connectivity index (χ1) is 9.13. The Morgan fingerprint density at radius 1 is 1.11 bits per heavy atom. The monoisotopic (exact) mass is 264 g/mol. The molecule has 0 fully saturated rings. The van der Waals surface area contributed by atoms with Gasteiger partial charge in [-0.2, -0.15) is 0 Å². The van der Waals surface area contributed by atoms with E-state index in [9.17, 15) is 0 Å². The van der Waals surface area contributed by atoms with Crippen molar-refractivity contribution in [1.29, 1.82) is 0 Å². The van der Waals surface area contributed by atoms with E-state index in [-0.39, 0.29) is 0 Å². The van der Waals surface area contributed by atoms with E-state index >= 15 is 0 Å². The van der Waals surface area contributed by atoms with Crippen molar-refractivity contribution in [2.24, 2.45) is 0 Å². The Morgan fingerprint density at radius 2 is 1.79 bits per heavy atom. The van der Waals surface area contributed by atoms with Crippen LogP contribution in [-0.4, -0.2) is 50.1 Å². The van der Waals surface area contributed by atoms with Crippen LogP contribution in [0.1, 0.15) is 32.4 Å². The van der Waals surface area contributed by atoms with Crippen molar-refractivity contribution in [2.45, 2.75) is 26.8 Å². The number of benzene rings is 1. The topological polar surface area (TPSA) is 15.7 Å². The molecule has 0 heterocycles. The summed E-state index contributed by atoms with van der Waals surface area (Å²) in [4.78, 5) is 4.83. The number of hydrogen-bond acceptors (Lipinski definition) is 3. The fraction of sp³-hybridized carbons (Fsp3) is 0.625. The second-order valence-electron chi connectivity index (χ2n) is 4.94. The first-order valence-corrected chi connectivity index (χ1v) is 7.19. The molecule has 0 spiro atoms. The molecule has 0 aliphatic heterocycles. The molecule has 1 rings (SSSR count). The molecule has 0 radical (unpaired) electrons. The molecule has 0 bridgehead atoms. The molecule has 0 N–H and O–H groups in total. The fourth-order valence-electron chi connectivity index (χ4n) is 2.29. The average molecular weight is 264 g/mol. The average Bonchev–Trinajstić information content (AvgIpc) is 2.47. The smallest absolute Gasteiger partial charge is 0.123 e. The molecule has 0 saturated heterocycles. The van der Waals surface area contributed by atoms with Crippen LogP contribution in [0.15, 0.2) is 24.3 Å². The Kier molecular flexibility index (Phi) is 6.89. The summed E-state index contributed by atoms with van der Waals surface area (Å²) in [5, 5.41) is 0. The second kappa shape index (κ2) is 8.18. The van der Waals surface area contributed by atoms with Gasteiger partial charge in [-0.15, -0.1) is 0 Å². The molecule has 3 nitrogen and oxygen atoms in total. The Hall–Kier alpha value is -1.06. The minimum Gasteiger partial charge on any atom is -0.496 e. The zero-order chi connectivity index (χ0) is 14.3. The molecule has 1 atom stereocenters. The van der Waals surface area contributed by atoms with E-state index in [0.717, 1.165) is 31.9 Å². The van der Waals surface area contributed by atoms with Gasteiger partial charge in [-0.05, 0) is 33.1 Å². The van der Waals surface area contributed by atoms with Gasteiger partial charge in [0.1, 0.15) is 5.75 Å². The minimum atomic E-state index is 0.381. The summed E-state index contributed by atoms with van der Waals surface area (Å²) in [5.74, 6) is 0.984. The van der Waals surface area contributed by atoms with Crippen molar-refractivity contribution >= 4 is 0 Å². The number of nitrogens with zero attached hydrogens (tertiary/aromatic N) is 2. The summed E-state index contributed by atoms with van der Waals surface area (Å²) >= 11 is 0. The molecule has 0 saturated carbocycles. The summed E-state index contributed by atoms with van der Waals surface area (Å²) in [6.45, 7) is 11.0. The highest BCUT2D eigenvalue weighted by Crippen LogP contribution is 2.28. The second-order valence-corrected chi connectivity index (χ2v) is 4.94. The third-order valence-corrected chi connectivity index (χ3v) is 3.85. The number of likely N-dealkylation sites (N-methyl/N-ethyl adjacent to an activating group) is 2. The predicted octanol–water partition coefficient (Wildman–Crippen LogP) is 3.03. The zero-order valence-electron chi connectivity index (χ0n) is 13.0. The number of methoxy groups -OCH3 is 1. The Morgan fingerprint density at radius 3 is 2.37 bits per heavy atom. The van der Waals surface area contributed by atoms with Crippen LogP contribution in [0.2, 0.25) is 0 Å². The van der Waals surface area contributed by atoms with Crippen LogP contribution in [0, 0.1) is 0 Å². The molecular formula is C16H28N2O. The lowest BCUT2D eigenvalue weighted by atomic mass is 10.1. The third kappa shape index (κ3) is 4.51.